The van der Waals surface area contributed by atoms with Crippen molar-refractivity contribution in [1.82, 2.24) is 15.3 Å². The predicted octanol–water partition coefficient (Wildman–Crippen LogP) is 4.68. The smallest absolute Gasteiger partial charge is 0.270 e. The van der Waals surface area contributed by atoms with Gasteiger partial charge in [-0.05, 0) is 47.9 Å². The van der Waals surface area contributed by atoms with Gasteiger partial charge in [0.2, 0.25) is 0 Å². The standard InChI is InChI=1S/C20H14F3N3OS/c21-12-3-1-11(2-4-12)18-14(5-6-24-20(27)17-9-28-10-25-17)15-7-13(22)8-16(23)19(15)26-18/h1-4,7-10,26H,5-6H2,(H,24,27). The van der Waals surface area contributed by atoms with Crippen molar-refractivity contribution in [2.75, 3.05) is 6.54 Å². The van der Waals surface area contributed by atoms with Crippen LogP contribution in [0.25, 0.3) is 22.2 Å². The topological polar surface area (TPSA) is 57.8 Å². The van der Waals surface area contributed by atoms with Gasteiger partial charge < -0.3 is 10.3 Å². The number of nitrogens with zero attached hydrogens (tertiary/aromatic N) is 1. The van der Waals surface area contributed by atoms with Crippen LogP contribution >= 0.6 is 11.3 Å². The largest absolute Gasteiger partial charge is 0.352 e. The lowest BCUT2D eigenvalue weighted by Gasteiger charge is -2.07. The zero-order valence-corrected chi connectivity index (χ0v) is 15.2. The summed E-state index contributed by atoms with van der Waals surface area (Å²) in [5, 5.41) is 4.77. The van der Waals surface area contributed by atoms with E-state index in [1.54, 1.807) is 23.0 Å². The maximum Gasteiger partial charge on any atom is 0.270 e. The van der Waals surface area contributed by atoms with Gasteiger partial charge in [0.05, 0.1) is 11.0 Å². The van der Waals surface area contributed by atoms with E-state index < -0.39 is 17.5 Å². The second-order valence-electron chi connectivity index (χ2n) is 6.18. The summed E-state index contributed by atoms with van der Waals surface area (Å²) in [5.74, 6) is -2.12. The highest BCUT2D eigenvalue weighted by Gasteiger charge is 2.17. The molecular weight excluding hydrogens is 387 g/mol. The molecule has 28 heavy (non-hydrogen) atoms. The monoisotopic (exact) mass is 401 g/mol. The molecule has 2 aromatic carbocycles. The molecule has 2 aromatic heterocycles. The zero-order chi connectivity index (χ0) is 19.7. The van der Waals surface area contributed by atoms with E-state index >= 15 is 0 Å². The number of amides is 1. The summed E-state index contributed by atoms with van der Waals surface area (Å²) in [6.07, 6.45) is 0.325. The molecule has 142 valence electrons. The van der Waals surface area contributed by atoms with Crippen LogP contribution in [0.5, 0.6) is 0 Å². The predicted molar refractivity (Wildman–Crippen MR) is 102 cm³/mol. The molecule has 0 fully saturated rings. The Morgan fingerprint density at radius 2 is 1.89 bits per heavy atom. The molecule has 0 spiro atoms. The number of thiazole rings is 1. The number of halogens is 3. The van der Waals surface area contributed by atoms with Crippen molar-refractivity contribution in [1.29, 1.82) is 0 Å². The van der Waals surface area contributed by atoms with E-state index in [-0.39, 0.29) is 18.0 Å². The first-order valence-electron chi connectivity index (χ1n) is 8.45. The average molecular weight is 401 g/mol. The lowest BCUT2D eigenvalue weighted by atomic mass is 10.0. The molecule has 0 unspecified atom stereocenters. The van der Waals surface area contributed by atoms with Crippen LogP contribution in [0.2, 0.25) is 0 Å². The summed E-state index contributed by atoms with van der Waals surface area (Å²) in [4.78, 5) is 19.0. The van der Waals surface area contributed by atoms with Crippen LogP contribution in [0.15, 0.2) is 47.3 Å². The van der Waals surface area contributed by atoms with E-state index in [1.165, 1.54) is 29.5 Å². The van der Waals surface area contributed by atoms with Crippen LogP contribution in [0.1, 0.15) is 16.1 Å². The molecule has 0 aliphatic rings. The van der Waals surface area contributed by atoms with Gasteiger partial charge in [-0.1, -0.05) is 0 Å². The van der Waals surface area contributed by atoms with E-state index in [4.69, 9.17) is 0 Å². The molecule has 0 saturated heterocycles. The third kappa shape index (κ3) is 3.50. The van der Waals surface area contributed by atoms with E-state index in [2.05, 4.69) is 15.3 Å². The fourth-order valence-corrected chi connectivity index (χ4v) is 3.64. The second-order valence-corrected chi connectivity index (χ2v) is 6.89. The van der Waals surface area contributed by atoms with Gasteiger partial charge in [-0.3, -0.25) is 4.79 Å². The third-order valence-electron chi connectivity index (χ3n) is 4.39. The number of H-pyrrole nitrogens is 1. The molecule has 8 heteroatoms. The van der Waals surface area contributed by atoms with Crippen molar-refractivity contribution in [3.63, 3.8) is 0 Å². The Labute approximate surface area is 162 Å². The Kier molecular flexibility index (Phi) is 4.87. The fourth-order valence-electron chi connectivity index (χ4n) is 3.11. The van der Waals surface area contributed by atoms with E-state index in [0.717, 1.165) is 6.07 Å². The number of carbonyl (C=O) groups excluding carboxylic acids is 1. The van der Waals surface area contributed by atoms with Crippen molar-refractivity contribution < 1.29 is 18.0 Å². The first-order valence-corrected chi connectivity index (χ1v) is 9.39. The van der Waals surface area contributed by atoms with Crippen molar-refractivity contribution in [2.45, 2.75) is 6.42 Å². The van der Waals surface area contributed by atoms with Gasteiger partial charge in [-0.25, -0.2) is 18.2 Å². The normalized spacial score (nSPS) is 11.1. The summed E-state index contributed by atoms with van der Waals surface area (Å²) in [5.41, 5.74) is 3.88. The Hall–Kier alpha value is -3.13. The highest BCUT2D eigenvalue weighted by molar-refractivity contribution is 7.07. The quantitative estimate of drug-likeness (QED) is 0.510. The van der Waals surface area contributed by atoms with E-state index in [9.17, 15) is 18.0 Å². The first-order chi connectivity index (χ1) is 13.5. The van der Waals surface area contributed by atoms with Gasteiger partial charge in [0.1, 0.15) is 23.1 Å². The number of hydrogen-bond donors (Lipinski definition) is 2. The fraction of sp³-hybridized carbons (Fsp3) is 0.100. The Morgan fingerprint density at radius 1 is 1.11 bits per heavy atom. The molecule has 4 nitrogen and oxygen atoms in total. The van der Waals surface area contributed by atoms with Crippen molar-refractivity contribution in [3.8, 4) is 11.3 Å². The van der Waals surface area contributed by atoms with Crippen molar-refractivity contribution in [3.05, 3.63) is 76.0 Å². The minimum atomic E-state index is -0.712. The highest BCUT2D eigenvalue weighted by Crippen LogP contribution is 2.32. The van der Waals surface area contributed by atoms with Crippen molar-refractivity contribution in [2.24, 2.45) is 0 Å². The van der Waals surface area contributed by atoms with E-state index in [1.807, 2.05) is 0 Å². The third-order valence-corrected chi connectivity index (χ3v) is 4.98. The van der Waals surface area contributed by atoms with E-state index in [0.29, 0.717) is 34.3 Å². The number of hydrogen-bond acceptors (Lipinski definition) is 3. The number of carbonyl (C=O) groups is 1. The molecule has 0 radical (unpaired) electrons. The van der Waals surface area contributed by atoms with Gasteiger partial charge in [0.15, 0.2) is 0 Å². The summed E-state index contributed by atoms with van der Waals surface area (Å²) >= 11 is 1.31. The summed E-state index contributed by atoms with van der Waals surface area (Å²) in [6.45, 7) is 0.246. The Morgan fingerprint density at radius 3 is 2.61 bits per heavy atom. The molecule has 4 rings (SSSR count). The van der Waals surface area contributed by atoms with Crippen LogP contribution in [0.4, 0.5) is 13.2 Å². The average Bonchev–Trinajstić information content (AvgIpc) is 3.31. The summed E-state index contributed by atoms with van der Waals surface area (Å²) in [7, 11) is 0. The number of rotatable bonds is 5. The first kappa shape index (κ1) is 18.2. The lowest BCUT2D eigenvalue weighted by Crippen LogP contribution is -2.26. The molecule has 0 atom stereocenters. The van der Waals surface area contributed by atoms with Gasteiger partial charge in [-0.15, -0.1) is 11.3 Å². The minimum absolute atomic E-state index is 0.168. The van der Waals surface area contributed by atoms with Gasteiger partial charge in [-0.2, -0.15) is 0 Å². The highest BCUT2D eigenvalue weighted by atomic mass is 32.1. The molecule has 0 bridgehead atoms. The van der Waals surface area contributed by atoms with Gasteiger partial charge >= 0.3 is 0 Å². The van der Waals surface area contributed by atoms with Crippen LogP contribution in [0, 0.1) is 17.5 Å². The molecule has 2 heterocycles. The van der Waals surface area contributed by atoms with Gasteiger partial charge in [0.25, 0.3) is 5.91 Å². The molecular formula is C20H14F3N3OS. The zero-order valence-electron chi connectivity index (χ0n) is 14.4. The Bertz CT molecular complexity index is 1140. The maximum absolute atomic E-state index is 14.2. The van der Waals surface area contributed by atoms with Crippen LogP contribution < -0.4 is 5.32 Å². The number of aromatic nitrogens is 2. The molecule has 2 N–H and O–H groups in total. The molecule has 0 aliphatic heterocycles. The number of nitrogens with one attached hydrogen (secondary N) is 2. The van der Waals surface area contributed by atoms with Crippen LogP contribution in [-0.2, 0) is 6.42 Å². The second kappa shape index (κ2) is 7.47. The SMILES string of the molecule is O=C(NCCc1c(-c2ccc(F)cc2)[nH]c2c(F)cc(F)cc12)c1cscn1. The molecule has 0 saturated carbocycles. The molecule has 4 aromatic rings. The van der Waals surface area contributed by atoms with Crippen molar-refractivity contribution >= 4 is 28.1 Å². The summed E-state index contributed by atoms with van der Waals surface area (Å²) < 4.78 is 41.3. The number of fused-ring (bicyclic) bond motifs is 1. The van der Waals surface area contributed by atoms with Gasteiger partial charge in [0, 0.05) is 29.1 Å². The Balaban J connectivity index is 1.69. The molecule has 0 aliphatic carbocycles. The van der Waals surface area contributed by atoms with Crippen LogP contribution in [-0.4, -0.2) is 22.4 Å². The molecule has 1 amide bonds. The number of aromatic amines is 1. The minimum Gasteiger partial charge on any atom is -0.352 e. The lowest BCUT2D eigenvalue weighted by molar-refractivity contribution is 0.0950. The summed E-state index contributed by atoms with van der Waals surface area (Å²) in [6, 6.07) is 7.77. The van der Waals surface area contributed by atoms with Crippen LogP contribution in [0.3, 0.4) is 0 Å². The maximum atomic E-state index is 14.2. The number of benzene rings is 2.